The third-order valence-electron chi connectivity index (χ3n) is 7.61. The normalized spacial score (nSPS) is 16.3. The number of benzene rings is 4. The van der Waals surface area contributed by atoms with Crippen molar-refractivity contribution in [1.29, 1.82) is 0 Å². The molecule has 2 unspecified atom stereocenters. The number of hydrogen-bond donors (Lipinski definition) is 1. The summed E-state index contributed by atoms with van der Waals surface area (Å²) >= 11 is 7.35. The van der Waals surface area contributed by atoms with Crippen molar-refractivity contribution < 1.29 is 14.3 Å². The zero-order chi connectivity index (χ0) is 30.4. The molecule has 0 bridgehead atoms. The van der Waals surface area contributed by atoms with Gasteiger partial charge in [0.1, 0.15) is 17.1 Å². The van der Waals surface area contributed by atoms with Crippen LogP contribution in [0.25, 0.3) is 0 Å². The first kappa shape index (κ1) is 30.4. The van der Waals surface area contributed by atoms with Crippen molar-refractivity contribution in [2.24, 2.45) is 0 Å². The molecule has 4 aromatic carbocycles. The van der Waals surface area contributed by atoms with Gasteiger partial charge in [-0.05, 0) is 41.7 Å². The summed E-state index contributed by atoms with van der Waals surface area (Å²) in [6, 6.07) is 39.7. The lowest BCUT2D eigenvalue weighted by atomic mass is 9.76. The van der Waals surface area contributed by atoms with E-state index in [0.29, 0.717) is 11.3 Å². The van der Waals surface area contributed by atoms with E-state index >= 15 is 0 Å². The maximum absolute atomic E-state index is 14.2. The smallest absolute Gasteiger partial charge is 0.354 e. The van der Waals surface area contributed by atoms with Gasteiger partial charge in [-0.25, -0.2) is 4.79 Å². The molecule has 1 aliphatic heterocycles. The molecule has 1 heterocycles. The van der Waals surface area contributed by atoms with Gasteiger partial charge in [0, 0.05) is 10.6 Å². The van der Waals surface area contributed by atoms with Crippen molar-refractivity contribution in [3.8, 4) is 0 Å². The van der Waals surface area contributed by atoms with Gasteiger partial charge in [-0.3, -0.25) is 15.0 Å². The highest BCUT2D eigenvalue weighted by molar-refractivity contribution is 8.01. The Balaban J connectivity index is 1.61. The molecular weight excluding hydrogens is 573 g/mol. The van der Waals surface area contributed by atoms with Gasteiger partial charge < -0.3 is 4.74 Å². The van der Waals surface area contributed by atoms with Crippen molar-refractivity contribution in [2.75, 3.05) is 12.9 Å². The number of allylic oxidation sites excluding steroid dienone is 1. The van der Waals surface area contributed by atoms with Crippen LogP contribution in [0.5, 0.6) is 0 Å². The molecule has 1 aliphatic rings. The predicted molar refractivity (Wildman–Crippen MR) is 178 cm³/mol. The Morgan fingerprint density at radius 1 is 0.814 bits per heavy atom. The molecule has 0 aromatic heterocycles. The van der Waals surface area contributed by atoms with Gasteiger partial charge in [0.05, 0.1) is 12.6 Å². The first-order valence-electron chi connectivity index (χ1n) is 14.1. The Hall–Kier alpha value is -4.04. The number of thiocarbonyl (C=S) groups is 1. The van der Waals surface area contributed by atoms with E-state index in [2.05, 4.69) is 41.7 Å². The summed E-state index contributed by atoms with van der Waals surface area (Å²) in [5, 5.41) is 3.41. The molecular formula is C36H34N2O3S2. The third-order valence-corrected chi connectivity index (χ3v) is 9.45. The van der Waals surface area contributed by atoms with Gasteiger partial charge in [-0.15, -0.1) is 11.8 Å². The molecule has 1 N–H and O–H groups in total. The lowest BCUT2D eigenvalue weighted by Gasteiger charge is -2.51. The van der Waals surface area contributed by atoms with Gasteiger partial charge in [-0.2, -0.15) is 0 Å². The number of thioether (sulfide) groups is 1. The second-order valence-corrected chi connectivity index (χ2v) is 12.1. The minimum Gasteiger partial charge on any atom is -0.464 e. The Morgan fingerprint density at radius 3 is 1.67 bits per heavy atom. The Kier molecular flexibility index (Phi) is 9.56. The van der Waals surface area contributed by atoms with Crippen LogP contribution >= 0.6 is 24.0 Å². The zero-order valence-electron chi connectivity index (χ0n) is 24.4. The molecule has 1 fully saturated rings. The fourth-order valence-electron chi connectivity index (χ4n) is 5.56. The minimum absolute atomic E-state index is 0.197. The lowest BCUT2D eigenvalue weighted by Crippen LogP contribution is -2.72. The average Bonchev–Trinajstić information content (AvgIpc) is 3.06. The molecule has 1 amide bonds. The number of methoxy groups -OCH3 is 1. The maximum Gasteiger partial charge on any atom is 0.354 e. The first-order valence-corrected chi connectivity index (χ1v) is 15.6. The molecule has 2 atom stereocenters. The molecule has 5 rings (SSSR count). The molecule has 0 radical (unpaired) electrons. The van der Waals surface area contributed by atoms with Gasteiger partial charge in [0.2, 0.25) is 5.91 Å². The Morgan fingerprint density at radius 2 is 1.26 bits per heavy atom. The fourth-order valence-corrected chi connectivity index (χ4v) is 7.13. The molecule has 1 saturated heterocycles. The molecule has 0 saturated carbocycles. The second kappa shape index (κ2) is 13.5. The summed E-state index contributed by atoms with van der Waals surface area (Å²) in [5.41, 5.74) is 4.07. The zero-order valence-corrected chi connectivity index (χ0v) is 26.0. The van der Waals surface area contributed by atoms with Crippen molar-refractivity contribution in [1.82, 2.24) is 10.2 Å². The molecule has 0 aliphatic carbocycles. The summed E-state index contributed by atoms with van der Waals surface area (Å²) < 4.78 is 5.12. The van der Waals surface area contributed by atoms with Crippen molar-refractivity contribution in [2.45, 2.75) is 30.8 Å². The fraction of sp³-hybridized carbons (Fsp3) is 0.194. The van der Waals surface area contributed by atoms with Crippen LogP contribution in [0.15, 0.2) is 133 Å². The largest absolute Gasteiger partial charge is 0.464 e. The summed E-state index contributed by atoms with van der Waals surface area (Å²) in [5.74, 6) is -0.238. The number of amides is 1. The van der Waals surface area contributed by atoms with E-state index < -0.39 is 22.9 Å². The highest BCUT2D eigenvalue weighted by atomic mass is 32.2. The van der Waals surface area contributed by atoms with Crippen molar-refractivity contribution in [3.63, 3.8) is 0 Å². The molecule has 218 valence electrons. The number of esters is 1. The second-order valence-electron chi connectivity index (χ2n) is 10.5. The summed E-state index contributed by atoms with van der Waals surface area (Å²) in [7, 11) is 1.34. The van der Waals surface area contributed by atoms with Crippen LogP contribution in [-0.2, 0) is 19.9 Å². The number of likely N-dealkylation sites (tertiary alicyclic amines) is 1. The van der Waals surface area contributed by atoms with Gasteiger partial charge in [0.25, 0.3) is 0 Å². The number of β-lactam (4-membered cyclic amide) rings is 1. The van der Waals surface area contributed by atoms with Gasteiger partial charge >= 0.3 is 5.97 Å². The topological polar surface area (TPSA) is 58.6 Å². The van der Waals surface area contributed by atoms with Crippen LogP contribution < -0.4 is 5.32 Å². The average molecular weight is 607 g/mol. The van der Waals surface area contributed by atoms with Crippen LogP contribution in [-0.4, -0.2) is 45.9 Å². The predicted octanol–water partition coefficient (Wildman–Crippen LogP) is 6.72. The highest BCUT2D eigenvalue weighted by Crippen LogP contribution is 2.42. The number of hydrogen-bond acceptors (Lipinski definition) is 6. The highest BCUT2D eigenvalue weighted by Gasteiger charge is 2.54. The molecule has 0 spiro atoms. The monoisotopic (exact) mass is 606 g/mol. The SMILES string of the molecule is COC(=O)C(=C(C)C)N1C(=O)C(NC(c2ccccc2)(c2ccccc2)c2ccccc2)C1SCC(=S)c1ccccc1. The minimum atomic E-state index is -0.856. The van der Waals surface area contributed by atoms with Crippen LogP contribution in [0.1, 0.15) is 36.1 Å². The van der Waals surface area contributed by atoms with Gasteiger partial charge in [-0.1, -0.05) is 134 Å². The number of ether oxygens (including phenoxy) is 1. The number of carbonyl (C=O) groups excluding carboxylic acids is 2. The first-order chi connectivity index (χ1) is 20.9. The van der Waals surface area contributed by atoms with Crippen LogP contribution in [0.4, 0.5) is 0 Å². The number of carbonyl (C=O) groups is 2. The Bertz CT molecular complexity index is 1510. The van der Waals surface area contributed by atoms with E-state index in [1.165, 1.54) is 7.11 Å². The van der Waals surface area contributed by atoms with E-state index in [1.807, 2.05) is 98.8 Å². The number of nitrogens with one attached hydrogen (secondary N) is 1. The summed E-state index contributed by atoms with van der Waals surface area (Å²) in [4.78, 5) is 29.5. The van der Waals surface area contributed by atoms with E-state index in [9.17, 15) is 9.59 Å². The lowest BCUT2D eigenvalue weighted by molar-refractivity contribution is -0.150. The maximum atomic E-state index is 14.2. The summed E-state index contributed by atoms with van der Waals surface area (Å²) in [6.07, 6.45) is 0. The van der Waals surface area contributed by atoms with E-state index in [-0.39, 0.29) is 11.6 Å². The summed E-state index contributed by atoms with van der Waals surface area (Å²) in [6.45, 7) is 3.64. The van der Waals surface area contributed by atoms with Gasteiger partial charge in [0.15, 0.2) is 0 Å². The standard InChI is InChI=1S/C36H34N2O3S2/c1-25(2)32(35(40)41-3)38-33(39)31(34(38)43-24-30(42)26-16-8-4-9-17-26)37-36(27-18-10-5-11-19-27,28-20-12-6-13-21-28)29-22-14-7-15-23-29/h4-23,31,34,37H,24H2,1-3H3. The van der Waals surface area contributed by atoms with Crippen LogP contribution in [0.2, 0.25) is 0 Å². The van der Waals surface area contributed by atoms with Crippen molar-refractivity contribution >= 4 is 40.7 Å². The van der Waals surface area contributed by atoms with E-state index in [0.717, 1.165) is 27.1 Å². The molecule has 4 aromatic rings. The molecule has 7 heteroatoms. The van der Waals surface area contributed by atoms with E-state index in [1.54, 1.807) is 16.7 Å². The third kappa shape index (κ3) is 6.07. The van der Waals surface area contributed by atoms with Crippen LogP contribution in [0.3, 0.4) is 0 Å². The molecule has 43 heavy (non-hydrogen) atoms. The van der Waals surface area contributed by atoms with Crippen molar-refractivity contribution in [3.05, 3.63) is 155 Å². The Labute approximate surface area is 263 Å². The van der Waals surface area contributed by atoms with Crippen LogP contribution in [0, 0.1) is 0 Å². The number of rotatable bonds is 11. The quantitative estimate of drug-likeness (QED) is 0.0511. The molecule has 5 nitrogen and oxygen atoms in total. The number of nitrogens with zero attached hydrogens (tertiary/aromatic N) is 1. The van der Waals surface area contributed by atoms with E-state index in [4.69, 9.17) is 17.0 Å².